The maximum absolute atomic E-state index is 13.0. The topological polar surface area (TPSA) is 42.3 Å². The number of anilines is 1. The third-order valence-corrected chi connectivity index (χ3v) is 8.49. The number of benzene rings is 3. The highest BCUT2D eigenvalue weighted by Gasteiger charge is 2.51. The van der Waals surface area contributed by atoms with E-state index in [1.807, 2.05) is 51.1 Å². The van der Waals surface area contributed by atoms with Crippen LogP contribution in [0.15, 0.2) is 66.7 Å². The van der Waals surface area contributed by atoms with Crippen molar-refractivity contribution in [2.75, 3.05) is 4.90 Å². The Bertz CT molecular complexity index is 1540. The van der Waals surface area contributed by atoms with Gasteiger partial charge in [0.25, 0.3) is 11.7 Å². The van der Waals surface area contributed by atoms with Crippen LogP contribution in [0, 0.1) is 11.6 Å². The molecular formula is C27H20N2O2S2. The molecule has 0 bridgehead atoms. The van der Waals surface area contributed by atoms with Crippen molar-refractivity contribution in [2.45, 2.75) is 26.3 Å². The van der Waals surface area contributed by atoms with Crippen molar-refractivity contribution in [3.8, 4) is 27.9 Å². The smallest absolute Gasteiger partial charge is 0.294 e. The summed E-state index contributed by atoms with van der Waals surface area (Å²) in [5.74, 6) is -0.904. The number of hydrogen-bond donors (Lipinski definition) is 0. The van der Waals surface area contributed by atoms with Crippen LogP contribution in [-0.2, 0) is 10.3 Å². The van der Waals surface area contributed by atoms with E-state index in [1.54, 1.807) is 16.4 Å². The molecule has 0 saturated heterocycles. The van der Waals surface area contributed by atoms with Crippen LogP contribution in [0.25, 0.3) is 27.9 Å². The normalized spacial score (nSPS) is 15.5. The fraction of sp³-hybridized carbons (Fsp3) is 0.148. The molecule has 162 valence electrons. The minimum Gasteiger partial charge on any atom is -0.294 e. The third kappa shape index (κ3) is 2.71. The molecule has 2 aliphatic rings. The molecular weight excluding hydrogens is 448 g/mol. The molecule has 0 aliphatic carbocycles. The van der Waals surface area contributed by atoms with Gasteiger partial charge in [0.2, 0.25) is 0 Å². The Morgan fingerprint density at radius 1 is 0.879 bits per heavy atom. The van der Waals surface area contributed by atoms with Crippen LogP contribution in [0.5, 0.6) is 0 Å². The zero-order chi connectivity index (χ0) is 23.1. The lowest BCUT2D eigenvalue weighted by molar-refractivity contribution is -0.115. The van der Waals surface area contributed by atoms with E-state index in [-0.39, 0.29) is 0 Å². The Morgan fingerprint density at radius 2 is 1.52 bits per heavy atom. The van der Waals surface area contributed by atoms with Crippen LogP contribution in [0.3, 0.4) is 0 Å². The van der Waals surface area contributed by atoms with Crippen molar-refractivity contribution in [3.63, 3.8) is 0 Å². The molecule has 1 aromatic heterocycles. The lowest BCUT2D eigenvalue weighted by Crippen LogP contribution is -2.46. The molecule has 0 unspecified atom stereocenters. The number of fused-ring (bicyclic) bond motifs is 2. The molecule has 1 amide bonds. The standard InChI is InChI=1S/C27H20N2O2S2/c1-15-13-19-21-24(27(2,3)28-22(19)20(14-15)23(30)25(28)31)33-29(26(21)32)18-11-9-17(10-12-18)16-7-5-4-6-8-16/h4-14H,1-3H3. The van der Waals surface area contributed by atoms with Crippen LogP contribution >= 0.6 is 23.8 Å². The molecule has 0 spiro atoms. The number of aromatic nitrogens is 1. The van der Waals surface area contributed by atoms with Gasteiger partial charge in [-0.05, 0) is 61.7 Å². The first-order valence-corrected chi connectivity index (χ1v) is 11.9. The van der Waals surface area contributed by atoms with Crippen molar-refractivity contribution >= 4 is 41.1 Å². The van der Waals surface area contributed by atoms with Crippen molar-refractivity contribution in [1.82, 2.24) is 3.96 Å². The Balaban J connectivity index is 1.56. The van der Waals surface area contributed by atoms with Gasteiger partial charge in [-0.3, -0.25) is 18.4 Å². The monoisotopic (exact) mass is 468 g/mol. The zero-order valence-corrected chi connectivity index (χ0v) is 20.0. The highest BCUT2D eigenvalue weighted by Crippen LogP contribution is 2.54. The molecule has 3 heterocycles. The van der Waals surface area contributed by atoms with Gasteiger partial charge in [0.15, 0.2) is 0 Å². The second-order valence-corrected chi connectivity index (χ2v) is 10.4. The molecule has 6 rings (SSSR count). The summed E-state index contributed by atoms with van der Waals surface area (Å²) in [5, 5.41) is 0. The van der Waals surface area contributed by atoms with E-state index in [0.29, 0.717) is 15.9 Å². The Kier molecular flexibility index (Phi) is 4.19. The number of aryl methyl sites for hydroxylation is 1. The number of Topliss-reactive ketones (excluding diaryl/α,β-unsaturated/α-hetero) is 1. The van der Waals surface area contributed by atoms with Crippen molar-refractivity contribution in [3.05, 3.63) is 87.4 Å². The summed E-state index contributed by atoms with van der Waals surface area (Å²) >= 11 is 7.53. The quantitative estimate of drug-likeness (QED) is 0.243. The van der Waals surface area contributed by atoms with Crippen molar-refractivity contribution in [2.24, 2.45) is 0 Å². The highest BCUT2D eigenvalue weighted by atomic mass is 32.1. The van der Waals surface area contributed by atoms with Crippen LogP contribution in [0.1, 0.15) is 34.6 Å². The second-order valence-electron chi connectivity index (χ2n) is 9.05. The fourth-order valence-electron chi connectivity index (χ4n) is 4.96. The number of carbonyl (C=O) groups excluding carboxylic acids is 2. The Hall–Kier alpha value is -3.35. The lowest BCUT2D eigenvalue weighted by Gasteiger charge is -2.39. The van der Waals surface area contributed by atoms with Gasteiger partial charge in [-0.25, -0.2) is 0 Å². The molecule has 4 aromatic rings. The minimum atomic E-state index is -0.678. The molecule has 4 nitrogen and oxygen atoms in total. The van der Waals surface area contributed by atoms with E-state index in [4.69, 9.17) is 12.2 Å². The highest BCUT2D eigenvalue weighted by molar-refractivity contribution is 7.71. The average Bonchev–Trinajstić information content (AvgIpc) is 3.29. The van der Waals surface area contributed by atoms with Gasteiger partial charge >= 0.3 is 0 Å². The fourth-order valence-corrected chi connectivity index (χ4v) is 6.65. The predicted octanol–water partition coefficient (Wildman–Crippen LogP) is 6.69. The zero-order valence-electron chi connectivity index (χ0n) is 18.4. The summed E-state index contributed by atoms with van der Waals surface area (Å²) in [4.78, 5) is 28.4. The van der Waals surface area contributed by atoms with Crippen LogP contribution in [0.4, 0.5) is 5.69 Å². The summed E-state index contributed by atoms with van der Waals surface area (Å²) in [6.07, 6.45) is 0. The van der Waals surface area contributed by atoms with Gasteiger partial charge in [0.05, 0.1) is 27.4 Å². The van der Waals surface area contributed by atoms with Crippen LogP contribution < -0.4 is 4.90 Å². The molecule has 3 aromatic carbocycles. The van der Waals surface area contributed by atoms with Gasteiger partial charge in [0.1, 0.15) is 4.64 Å². The van der Waals surface area contributed by atoms with Crippen LogP contribution in [0.2, 0.25) is 0 Å². The van der Waals surface area contributed by atoms with E-state index in [9.17, 15) is 9.59 Å². The second kappa shape index (κ2) is 6.83. The molecule has 0 atom stereocenters. The van der Waals surface area contributed by atoms with E-state index < -0.39 is 17.2 Å². The summed E-state index contributed by atoms with van der Waals surface area (Å²) in [7, 11) is 0. The number of hydrogen-bond acceptors (Lipinski definition) is 4. The third-order valence-electron chi connectivity index (χ3n) is 6.52. The van der Waals surface area contributed by atoms with Crippen LogP contribution in [-0.4, -0.2) is 15.6 Å². The maximum atomic E-state index is 13.0. The number of rotatable bonds is 2. The number of nitrogens with zero attached hydrogens (tertiary/aromatic N) is 2. The van der Waals surface area contributed by atoms with E-state index in [1.165, 1.54) is 0 Å². The summed E-state index contributed by atoms with van der Waals surface area (Å²) in [5.41, 5.74) is 6.55. The molecule has 2 aliphatic heterocycles. The van der Waals surface area contributed by atoms with Gasteiger partial charge in [-0.15, -0.1) is 0 Å². The molecule has 0 fully saturated rings. The molecule has 0 radical (unpaired) electrons. The number of ketones is 1. The number of amides is 1. The van der Waals surface area contributed by atoms with Crippen molar-refractivity contribution in [1.29, 1.82) is 0 Å². The molecule has 6 heteroatoms. The van der Waals surface area contributed by atoms with Gasteiger partial charge in [-0.1, -0.05) is 66.2 Å². The van der Waals surface area contributed by atoms with Gasteiger partial charge in [-0.2, -0.15) is 0 Å². The molecule has 33 heavy (non-hydrogen) atoms. The van der Waals surface area contributed by atoms with E-state index in [2.05, 4.69) is 40.4 Å². The maximum Gasteiger partial charge on any atom is 0.300 e. The first-order chi connectivity index (χ1) is 15.8. The van der Waals surface area contributed by atoms with Crippen molar-refractivity contribution < 1.29 is 9.59 Å². The summed E-state index contributed by atoms with van der Waals surface area (Å²) in [6, 6.07) is 22.5. The van der Waals surface area contributed by atoms with E-state index in [0.717, 1.165) is 38.4 Å². The molecule has 0 N–H and O–H groups in total. The lowest BCUT2D eigenvalue weighted by atomic mass is 9.87. The predicted molar refractivity (Wildman–Crippen MR) is 135 cm³/mol. The largest absolute Gasteiger partial charge is 0.300 e. The average molecular weight is 469 g/mol. The Morgan fingerprint density at radius 3 is 2.21 bits per heavy atom. The first kappa shape index (κ1) is 20.3. The van der Waals surface area contributed by atoms with E-state index >= 15 is 0 Å². The molecule has 0 saturated carbocycles. The minimum absolute atomic E-state index is 0.437. The summed E-state index contributed by atoms with van der Waals surface area (Å²) in [6.45, 7) is 5.93. The SMILES string of the molecule is Cc1cc2c3c(c1)-c1c(sn(-c4ccc(-c5ccccc5)cc4)c1=S)C(C)(C)N3C(=O)C2=O. The summed E-state index contributed by atoms with van der Waals surface area (Å²) < 4.78 is 2.76. The van der Waals surface area contributed by atoms with Gasteiger partial charge in [0, 0.05) is 11.1 Å². The first-order valence-electron chi connectivity index (χ1n) is 10.8. The Labute approximate surface area is 200 Å². The van der Waals surface area contributed by atoms with Gasteiger partial charge < -0.3 is 0 Å². The number of carbonyl (C=O) groups is 2.